The number of benzene rings is 2. The molecular weight excluding hydrogens is 679 g/mol. The summed E-state index contributed by atoms with van der Waals surface area (Å²) in [6.45, 7) is 42.3. The Morgan fingerprint density at radius 3 is 1.36 bits per heavy atom. The zero-order valence-corrected chi connectivity index (χ0v) is 40.3. The van der Waals surface area contributed by atoms with E-state index in [-0.39, 0.29) is 0 Å². The molecule has 2 aliphatic carbocycles. The van der Waals surface area contributed by atoms with E-state index in [9.17, 15) is 0 Å². The highest BCUT2D eigenvalue weighted by molar-refractivity contribution is 5.74. The van der Waals surface area contributed by atoms with Crippen molar-refractivity contribution in [3.05, 3.63) is 59.2 Å². The number of aryl methyl sites for hydroxylation is 1. The second-order valence-corrected chi connectivity index (χ2v) is 21.0. The van der Waals surface area contributed by atoms with Crippen LogP contribution in [0.4, 0.5) is 11.4 Å². The number of fused-ring (bicyclic) bond motifs is 2. The van der Waals surface area contributed by atoms with Crippen LogP contribution in [0.25, 0.3) is 0 Å². The minimum absolute atomic E-state index is 0.579. The number of likely N-dealkylation sites (tertiary alicyclic amines) is 1. The van der Waals surface area contributed by atoms with Gasteiger partial charge in [0.25, 0.3) is 0 Å². The van der Waals surface area contributed by atoms with Gasteiger partial charge < -0.3 is 14.7 Å². The van der Waals surface area contributed by atoms with Crippen molar-refractivity contribution in [2.45, 2.75) is 192 Å². The molecule has 2 heterocycles. The van der Waals surface area contributed by atoms with Gasteiger partial charge in [-0.25, -0.2) is 0 Å². The van der Waals surface area contributed by atoms with Crippen molar-refractivity contribution >= 4 is 11.4 Å². The normalized spacial score (nSPS) is 20.6. The molecule has 0 spiro atoms. The molecule has 1 saturated carbocycles. The first kappa shape index (κ1) is 48.4. The lowest BCUT2D eigenvalue weighted by Gasteiger charge is -2.47. The quantitative estimate of drug-likeness (QED) is 0.265. The fourth-order valence-corrected chi connectivity index (χ4v) is 11.1. The summed E-state index contributed by atoms with van der Waals surface area (Å²) in [6.07, 6.45) is 12.8. The predicted molar refractivity (Wildman–Crippen MR) is 252 cm³/mol. The van der Waals surface area contributed by atoms with E-state index in [0.29, 0.717) is 28.8 Å². The second kappa shape index (κ2) is 21.8. The maximum Gasteiger partial charge on any atom is 0.0607 e. The number of para-hydroxylation sites is 2. The molecule has 1 unspecified atom stereocenters. The van der Waals surface area contributed by atoms with Gasteiger partial charge in [0, 0.05) is 25.2 Å². The van der Waals surface area contributed by atoms with Crippen molar-refractivity contribution < 1.29 is 0 Å². The summed E-state index contributed by atoms with van der Waals surface area (Å²) >= 11 is 0. The van der Waals surface area contributed by atoms with Crippen molar-refractivity contribution in [2.24, 2.45) is 40.4 Å². The van der Waals surface area contributed by atoms with E-state index in [0.717, 1.165) is 48.6 Å². The molecule has 320 valence electrons. The summed E-state index contributed by atoms with van der Waals surface area (Å²) in [4.78, 5) is 7.45. The number of nitrogens with zero attached hydrogens (tertiary/aromatic N) is 3. The molecule has 1 saturated heterocycles. The van der Waals surface area contributed by atoms with Crippen LogP contribution in [0.2, 0.25) is 0 Å². The molecule has 56 heavy (non-hydrogen) atoms. The van der Waals surface area contributed by atoms with Crippen LogP contribution in [0.5, 0.6) is 0 Å². The monoisotopic (exact) mass is 772 g/mol. The van der Waals surface area contributed by atoms with E-state index in [1.807, 2.05) is 0 Å². The molecule has 0 amide bonds. The Balaban J connectivity index is 0.000000202. The van der Waals surface area contributed by atoms with Gasteiger partial charge in [0.1, 0.15) is 0 Å². The van der Waals surface area contributed by atoms with Gasteiger partial charge in [-0.05, 0) is 167 Å². The molecule has 2 aromatic carbocycles. The summed E-state index contributed by atoms with van der Waals surface area (Å²) in [6, 6.07) is 17.0. The van der Waals surface area contributed by atoms with Crippen LogP contribution in [0.15, 0.2) is 42.5 Å². The van der Waals surface area contributed by atoms with Crippen molar-refractivity contribution in [2.75, 3.05) is 43.0 Å². The van der Waals surface area contributed by atoms with E-state index in [2.05, 4.69) is 175 Å². The van der Waals surface area contributed by atoms with Crippen LogP contribution in [0.1, 0.15) is 191 Å². The largest absolute Gasteiger partial charge is 0.366 e. The standard InChI is InChI=1S/C15H22.C14H22N2.C12H25N.C12H24/c1-10(2)12-5-8-15-13(9-12)6-7-14(15)11(3)4;1-11(2)15-9-10-16(12(3)4)14-8-6-5-7-13(14)15;1-10(2)12(11(3)4)6-8-13(5)9-7-12;1-10(2)12(11(3)4)8-6-5-7-9-12/h5,8-11,14H,6-7H2,1-4H3;5-8,11-12H,9-10H2,1-4H3;10-11H,6-9H2,1-5H3;10-11H,5-9H2,1-4H3. The Bertz CT molecular complexity index is 1340. The number of piperidine rings is 1. The third kappa shape index (κ3) is 12.0. The topological polar surface area (TPSA) is 9.72 Å². The van der Waals surface area contributed by atoms with E-state index in [1.54, 1.807) is 11.1 Å². The highest BCUT2D eigenvalue weighted by Gasteiger charge is 2.39. The second-order valence-electron chi connectivity index (χ2n) is 21.0. The van der Waals surface area contributed by atoms with Gasteiger partial charge in [0.2, 0.25) is 0 Å². The third-order valence-corrected chi connectivity index (χ3v) is 15.4. The number of rotatable bonds is 8. The molecule has 3 nitrogen and oxygen atoms in total. The first-order chi connectivity index (χ1) is 26.3. The highest BCUT2D eigenvalue weighted by atomic mass is 15.3. The maximum absolute atomic E-state index is 2.49. The van der Waals surface area contributed by atoms with Crippen LogP contribution < -0.4 is 9.80 Å². The molecular formula is C53H93N3. The summed E-state index contributed by atoms with van der Waals surface area (Å²) in [5.41, 5.74) is 8.80. The van der Waals surface area contributed by atoms with Crippen molar-refractivity contribution in [1.82, 2.24) is 4.90 Å². The van der Waals surface area contributed by atoms with Gasteiger partial charge in [-0.1, -0.05) is 133 Å². The van der Waals surface area contributed by atoms with Crippen LogP contribution in [-0.4, -0.2) is 50.2 Å². The van der Waals surface area contributed by atoms with Gasteiger partial charge in [-0.3, -0.25) is 0 Å². The van der Waals surface area contributed by atoms with Crippen LogP contribution in [0, 0.1) is 40.4 Å². The molecule has 4 aliphatic rings. The average molecular weight is 772 g/mol. The fraction of sp³-hybridized carbons (Fsp3) is 0.774. The van der Waals surface area contributed by atoms with Gasteiger partial charge in [-0.2, -0.15) is 0 Å². The summed E-state index contributed by atoms with van der Waals surface area (Å²) in [7, 11) is 2.24. The zero-order chi connectivity index (χ0) is 42.0. The molecule has 0 N–H and O–H groups in total. The van der Waals surface area contributed by atoms with Gasteiger partial charge in [-0.15, -0.1) is 0 Å². The van der Waals surface area contributed by atoms with E-state index in [4.69, 9.17) is 0 Å². The third-order valence-electron chi connectivity index (χ3n) is 15.4. The Hall–Kier alpha value is -2.00. The number of anilines is 2. The Morgan fingerprint density at radius 1 is 0.536 bits per heavy atom. The zero-order valence-electron chi connectivity index (χ0n) is 40.3. The Kier molecular flexibility index (Phi) is 18.9. The van der Waals surface area contributed by atoms with Crippen LogP contribution >= 0.6 is 0 Å². The minimum Gasteiger partial charge on any atom is -0.366 e. The lowest BCUT2D eigenvalue weighted by atomic mass is 9.61. The van der Waals surface area contributed by atoms with E-state index >= 15 is 0 Å². The molecule has 0 aromatic heterocycles. The molecule has 0 radical (unpaired) electrons. The SMILES string of the molecule is CC(C)C1(C(C)C)CCCCC1.CC(C)C1(C(C)C)CCN(C)CC1.CC(C)N1CCN(C(C)C)c2ccccc21.CC(C)c1ccc2c(c1)CCC2C(C)C. The first-order valence-corrected chi connectivity index (χ1v) is 23.7. The minimum atomic E-state index is 0.579. The highest BCUT2D eigenvalue weighted by Crippen LogP contribution is 2.48. The van der Waals surface area contributed by atoms with Crippen molar-refractivity contribution in [3.8, 4) is 0 Å². The Labute approximate surface area is 350 Å². The van der Waals surface area contributed by atoms with Gasteiger partial charge in [0.15, 0.2) is 0 Å². The summed E-state index contributed by atoms with van der Waals surface area (Å²) in [5, 5.41) is 0. The fourth-order valence-electron chi connectivity index (χ4n) is 11.1. The summed E-state index contributed by atoms with van der Waals surface area (Å²) in [5.74, 6) is 5.67. The van der Waals surface area contributed by atoms with E-state index < -0.39 is 0 Å². The van der Waals surface area contributed by atoms with Crippen LogP contribution in [-0.2, 0) is 6.42 Å². The molecule has 1 atom stereocenters. The summed E-state index contributed by atoms with van der Waals surface area (Å²) < 4.78 is 0. The molecule has 6 rings (SSSR count). The van der Waals surface area contributed by atoms with Crippen LogP contribution in [0.3, 0.4) is 0 Å². The Morgan fingerprint density at radius 2 is 0.982 bits per heavy atom. The van der Waals surface area contributed by atoms with Crippen molar-refractivity contribution in [1.29, 1.82) is 0 Å². The van der Waals surface area contributed by atoms with Gasteiger partial charge in [0.05, 0.1) is 11.4 Å². The average Bonchev–Trinajstić information content (AvgIpc) is 3.59. The lowest BCUT2D eigenvalue weighted by molar-refractivity contribution is 0.0282. The lowest BCUT2D eigenvalue weighted by Crippen LogP contribution is -2.46. The molecule has 0 bridgehead atoms. The number of hydrogen-bond donors (Lipinski definition) is 0. The predicted octanol–water partition coefficient (Wildman–Crippen LogP) is 14.9. The number of hydrogen-bond acceptors (Lipinski definition) is 3. The van der Waals surface area contributed by atoms with Gasteiger partial charge >= 0.3 is 0 Å². The molecule has 2 fully saturated rings. The smallest absolute Gasteiger partial charge is 0.0607 e. The van der Waals surface area contributed by atoms with Crippen molar-refractivity contribution in [3.63, 3.8) is 0 Å². The molecule has 2 aliphatic heterocycles. The molecule has 3 heteroatoms. The maximum atomic E-state index is 2.49. The van der Waals surface area contributed by atoms with E-state index in [1.165, 1.54) is 87.8 Å². The molecule has 2 aromatic rings. The first-order valence-electron chi connectivity index (χ1n) is 23.7.